The molecule has 7 heteroatoms. The van der Waals surface area contributed by atoms with Crippen molar-refractivity contribution in [2.45, 2.75) is 19.5 Å². The molecule has 0 aliphatic carbocycles. The van der Waals surface area contributed by atoms with Gasteiger partial charge in [-0.2, -0.15) is 4.80 Å². The van der Waals surface area contributed by atoms with Crippen LogP contribution in [0.4, 0.5) is 0 Å². The molecule has 3 aromatic rings. The highest BCUT2D eigenvalue weighted by Gasteiger charge is 2.13. The van der Waals surface area contributed by atoms with Gasteiger partial charge >= 0.3 is 0 Å². The molecule has 1 amide bonds. The van der Waals surface area contributed by atoms with E-state index in [1.807, 2.05) is 54.8 Å². The summed E-state index contributed by atoms with van der Waals surface area (Å²) in [7, 11) is 0. The highest BCUT2D eigenvalue weighted by molar-refractivity contribution is 7.10. The molecule has 0 unspecified atom stereocenters. The first-order valence-corrected chi connectivity index (χ1v) is 7.76. The summed E-state index contributed by atoms with van der Waals surface area (Å²) < 4.78 is 0. The van der Waals surface area contributed by atoms with E-state index in [-0.39, 0.29) is 18.5 Å². The number of amides is 1. The van der Waals surface area contributed by atoms with Gasteiger partial charge in [0.05, 0.1) is 6.04 Å². The minimum atomic E-state index is -0.141. The zero-order valence-corrected chi connectivity index (χ0v) is 12.8. The molecule has 0 aliphatic heterocycles. The molecule has 22 heavy (non-hydrogen) atoms. The van der Waals surface area contributed by atoms with Crippen LogP contribution in [0.25, 0.3) is 11.4 Å². The molecule has 0 bridgehead atoms. The third-order valence-corrected chi connectivity index (χ3v) is 4.17. The van der Waals surface area contributed by atoms with Gasteiger partial charge in [0.15, 0.2) is 0 Å². The first-order valence-electron chi connectivity index (χ1n) is 6.88. The Hall–Kier alpha value is -2.54. The van der Waals surface area contributed by atoms with Gasteiger partial charge in [0.1, 0.15) is 6.54 Å². The van der Waals surface area contributed by atoms with Gasteiger partial charge in [0, 0.05) is 10.4 Å². The van der Waals surface area contributed by atoms with E-state index < -0.39 is 0 Å². The fourth-order valence-corrected chi connectivity index (χ4v) is 2.77. The van der Waals surface area contributed by atoms with E-state index >= 15 is 0 Å². The summed E-state index contributed by atoms with van der Waals surface area (Å²) >= 11 is 1.62. The molecule has 0 aliphatic rings. The van der Waals surface area contributed by atoms with Crippen LogP contribution in [0.5, 0.6) is 0 Å². The van der Waals surface area contributed by atoms with Gasteiger partial charge in [-0.3, -0.25) is 4.79 Å². The van der Waals surface area contributed by atoms with Crippen LogP contribution in [0, 0.1) is 0 Å². The maximum absolute atomic E-state index is 12.0. The van der Waals surface area contributed by atoms with E-state index in [1.54, 1.807) is 11.3 Å². The minimum absolute atomic E-state index is 0.0235. The Morgan fingerprint density at radius 3 is 2.82 bits per heavy atom. The Morgan fingerprint density at radius 2 is 2.09 bits per heavy atom. The number of aromatic nitrogens is 4. The molecule has 112 valence electrons. The summed E-state index contributed by atoms with van der Waals surface area (Å²) in [6, 6.07) is 13.5. The molecule has 0 saturated heterocycles. The summed E-state index contributed by atoms with van der Waals surface area (Å²) in [5.41, 5.74) is 0.876. The molecule has 0 saturated carbocycles. The van der Waals surface area contributed by atoms with Crippen molar-refractivity contribution in [3.05, 3.63) is 52.7 Å². The zero-order chi connectivity index (χ0) is 15.4. The summed E-state index contributed by atoms with van der Waals surface area (Å²) in [5, 5.41) is 17.0. The van der Waals surface area contributed by atoms with E-state index in [1.165, 1.54) is 4.80 Å². The molecule has 2 aromatic heterocycles. The minimum Gasteiger partial charge on any atom is -0.347 e. The van der Waals surface area contributed by atoms with Gasteiger partial charge in [-0.1, -0.05) is 36.4 Å². The monoisotopic (exact) mass is 313 g/mol. The van der Waals surface area contributed by atoms with E-state index in [9.17, 15) is 4.79 Å². The summed E-state index contributed by atoms with van der Waals surface area (Å²) in [6.45, 7) is 2.00. The maximum Gasteiger partial charge on any atom is 0.244 e. The second kappa shape index (κ2) is 6.48. The fraction of sp³-hybridized carbons (Fsp3) is 0.200. The average molecular weight is 313 g/mol. The summed E-state index contributed by atoms with van der Waals surface area (Å²) in [6.07, 6.45) is 0. The third kappa shape index (κ3) is 3.37. The topological polar surface area (TPSA) is 72.7 Å². The van der Waals surface area contributed by atoms with Gasteiger partial charge in [0.2, 0.25) is 11.7 Å². The van der Waals surface area contributed by atoms with Crippen LogP contribution in [0.1, 0.15) is 17.8 Å². The number of carbonyl (C=O) groups excluding carboxylic acids is 1. The van der Waals surface area contributed by atoms with Crippen LogP contribution in [0.2, 0.25) is 0 Å². The van der Waals surface area contributed by atoms with Gasteiger partial charge in [0.25, 0.3) is 0 Å². The van der Waals surface area contributed by atoms with Gasteiger partial charge in [-0.25, -0.2) is 0 Å². The second-order valence-corrected chi connectivity index (χ2v) is 5.79. The lowest BCUT2D eigenvalue weighted by Gasteiger charge is -2.11. The number of nitrogens with zero attached hydrogens (tertiary/aromatic N) is 4. The lowest BCUT2D eigenvalue weighted by Crippen LogP contribution is -2.30. The Labute approximate surface area is 131 Å². The molecular formula is C15H15N5OS. The van der Waals surface area contributed by atoms with Crippen LogP contribution in [0.15, 0.2) is 47.8 Å². The van der Waals surface area contributed by atoms with Crippen molar-refractivity contribution in [1.82, 2.24) is 25.5 Å². The molecule has 3 rings (SSSR count). The van der Waals surface area contributed by atoms with Crippen molar-refractivity contribution < 1.29 is 4.79 Å². The summed E-state index contributed by atoms with van der Waals surface area (Å²) in [5.74, 6) is 0.373. The molecule has 0 radical (unpaired) electrons. The highest BCUT2D eigenvalue weighted by Crippen LogP contribution is 2.18. The fourth-order valence-electron chi connectivity index (χ4n) is 2.04. The number of rotatable bonds is 5. The van der Waals surface area contributed by atoms with Crippen molar-refractivity contribution in [1.29, 1.82) is 0 Å². The number of benzene rings is 1. The van der Waals surface area contributed by atoms with Crippen molar-refractivity contribution in [2.24, 2.45) is 0 Å². The van der Waals surface area contributed by atoms with Gasteiger partial charge in [-0.05, 0) is 23.6 Å². The maximum atomic E-state index is 12.0. The van der Waals surface area contributed by atoms with Crippen LogP contribution < -0.4 is 5.32 Å². The molecule has 1 aromatic carbocycles. The number of nitrogens with one attached hydrogen (secondary N) is 1. The van der Waals surface area contributed by atoms with Crippen LogP contribution >= 0.6 is 11.3 Å². The van der Waals surface area contributed by atoms with E-state index in [4.69, 9.17) is 0 Å². The number of hydrogen-bond donors (Lipinski definition) is 1. The van der Waals surface area contributed by atoms with Gasteiger partial charge in [-0.15, -0.1) is 21.5 Å². The molecule has 0 spiro atoms. The molecule has 6 nitrogen and oxygen atoms in total. The first kappa shape index (κ1) is 14.4. The van der Waals surface area contributed by atoms with Crippen LogP contribution in [-0.4, -0.2) is 26.1 Å². The Balaban J connectivity index is 1.62. The first-order chi connectivity index (χ1) is 10.7. The van der Waals surface area contributed by atoms with Crippen molar-refractivity contribution in [2.75, 3.05) is 0 Å². The largest absolute Gasteiger partial charge is 0.347 e. The lowest BCUT2D eigenvalue weighted by atomic mass is 10.2. The number of carbonyl (C=O) groups is 1. The quantitative estimate of drug-likeness (QED) is 0.784. The van der Waals surface area contributed by atoms with Crippen molar-refractivity contribution in [3.63, 3.8) is 0 Å². The van der Waals surface area contributed by atoms with Crippen LogP contribution in [-0.2, 0) is 11.3 Å². The van der Waals surface area contributed by atoms with Crippen molar-refractivity contribution in [3.8, 4) is 11.4 Å². The standard InChI is InChI=1S/C15H15N5OS/c1-11(13-8-5-9-22-13)16-14(21)10-20-18-15(17-19-20)12-6-3-2-4-7-12/h2-9,11H,10H2,1H3,(H,16,21)/t11-/m0/s1. The highest BCUT2D eigenvalue weighted by atomic mass is 32.1. The number of thiophene rings is 1. The lowest BCUT2D eigenvalue weighted by molar-refractivity contribution is -0.122. The van der Waals surface area contributed by atoms with E-state index in [0.29, 0.717) is 5.82 Å². The zero-order valence-electron chi connectivity index (χ0n) is 12.0. The predicted molar refractivity (Wildman–Crippen MR) is 84.1 cm³/mol. The molecule has 1 atom stereocenters. The van der Waals surface area contributed by atoms with Gasteiger partial charge < -0.3 is 5.32 Å². The third-order valence-electron chi connectivity index (χ3n) is 3.12. The Bertz CT molecular complexity index is 738. The predicted octanol–water partition coefficient (Wildman–Crippen LogP) is 2.28. The van der Waals surface area contributed by atoms with Crippen molar-refractivity contribution >= 4 is 17.2 Å². The summed E-state index contributed by atoms with van der Waals surface area (Å²) in [4.78, 5) is 14.4. The number of tetrazole rings is 1. The van der Waals surface area contributed by atoms with E-state index in [0.717, 1.165) is 10.4 Å². The molecule has 2 heterocycles. The molecule has 0 fully saturated rings. The SMILES string of the molecule is C[C@H](NC(=O)Cn1nnc(-c2ccccc2)n1)c1cccs1. The molecular weight excluding hydrogens is 298 g/mol. The normalized spacial score (nSPS) is 12.0. The Kier molecular flexibility index (Phi) is 4.24. The van der Waals surface area contributed by atoms with E-state index in [2.05, 4.69) is 20.7 Å². The average Bonchev–Trinajstić information content (AvgIpc) is 3.19. The number of hydrogen-bond acceptors (Lipinski definition) is 5. The smallest absolute Gasteiger partial charge is 0.244 e. The molecule has 1 N–H and O–H groups in total. The Morgan fingerprint density at radius 1 is 1.27 bits per heavy atom. The second-order valence-electron chi connectivity index (χ2n) is 4.81. The van der Waals surface area contributed by atoms with Crippen LogP contribution in [0.3, 0.4) is 0 Å².